The number of hydrogen-bond acceptors (Lipinski definition) is 5. The molecule has 0 bridgehead atoms. The number of nitrogens with zero attached hydrogens (tertiary/aromatic N) is 3. The average Bonchev–Trinajstić information content (AvgIpc) is 3.28. The second-order valence-corrected chi connectivity index (χ2v) is 5.73. The molecule has 0 unspecified atom stereocenters. The van der Waals surface area contributed by atoms with Gasteiger partial charge < -0.3 is 15.0 Å². The summed E-state index contributed by atoms with van der Waals surface area (Å²) in [6.07, 6.45) is 1.79. The fraction of sp³-hybridized carbons (Fsp3) is 0.0556. The van der Waals surface area contributed by atoms with E-state index in [0.29, 0.717) is 11.8 Å². The lowest BCUT2D eigenvalue weighted by Crippen LogP contribution is -1.97. The molecule has 0 aliphatic carbocycles. The molecule has 122 valence electrons. The van der Waals surface area contributed by atoms with E-state index < -0.39 is 0 Å². The lowest BCUT2D eigenvalue weighted by atomic mass is 10.1. The normalized spacial score (nSPS) is 11.4. The lowest BCUT2D eigenvalue weighted by molar-refractivity contribution is 0.415. The van der Waals surface area contributed by atoms with Gasteiger partial charge in [-0.3, -0.25) is 5.10 Å². The number of rotatable bonds is 3. The van der Waals surface area contributed by atoms with Crippen LogP contribution in [0, 0.1) is 0 Å². The fourth-order valence-electron chi connectivity index (χ4n) is 3.02. The van der Waals surface area contributed by atoms with Crippen molar-refractivity contribution in [3.8, 4) is 5.75 Å². The third-order valence-electron chi connectivity index (χ3n) is 4.23. The minimum Gasteiger partial charge on any atom is -0.497 e. The summed E-state index contributed by atoms with van der Waals surface area (Å²) in [4.78, 5) is 12.5. The van der Waals surface area contributed by atoms with Crippen molar-refractivity contribution in [1.82, 2.24) is 25.1 Å². The van der Waals surface area contributed by atoms with Crippen molar-refractivity contribution in [2.45, 2.75) is 0 Å². The molecule has 0 saturated heterocycles. The molecule has 0 radical (unpaired) electrons. The first kappa shape index (κ1) is 13.8. The molecule has 2 aromatic carbocycles. The van der Waals surface area contributed by atoms with Gasteiger partial charge >= 0.3 is 0 Å². The molecule has 0 spiro atoms. The predicted molar refractivity (Wildman–Crippen MR) is 97.3 cm³/mol. The van der Waals surface area contributed by atoms with Gasteiger partial charge in [-0.2, -0.15) is 5.10 Å². The number of aromatic nitrogens is 5. The van der Waals surface area contributed by atoms with Gasteiger partial charge in [0.25, 0.3) is 0 Å². The summed E-state index contributed by atoms with van der Waals surface area (Å²) in [7, 11) is 1.65. The summed E-state index contributed by atoms with van der Waals surface area (Å²) in [6.45, 7) is 0. The molecule has 0 amide bonds. The minimum absolute atomic E-state index is 0.637. The molecule has 0 fully saturated rings. The standard InChI is InChI=1S/C18H14N6O/c1-25-10-6-7-13-11(8-10)12-9-19-24-16(12)17(20-13)23-18-21-14-4-2-3-5-15(14)22-18/h2-9H,1H3,(H,19,24)(H2,20,21,22,23). The van der Waals surface area contributed by atoms with Gasteiger partial charge in [0.2, 0.25) is 5.95 Å². The zero-order valence-electron chi connectivity index (χ0n) is 13.4. The van der Waals surface area contributed by atoms with Crippen LogP contribution >= 0.6 is 0 Å². The highest BCUT2D eigenvalue weighted by atomic mass is 16.5. The molecular formula is C18H14N6O. The van der Waals surface area contributed by atoms with Crippen molar-refractivity contribution in [1.29, 1.82) is 0 Å². The number of aromatic amines is 2. The molecule has 0 saturated carbocycles. The molecule has 0 atom stereocenters. The average molecular weight is 330 g/mol. The molecule has 5 rings (SSSR count). The van der Waals surface area contributed by atoms with Crippen LogP contribution in [-0.4, -0.2) is 32.3 Å². The second kappa shape index (κ2) is 5.20. The monoisotopic (exact) mass is 330 g/mol. The topological polar surface area (TPSA) is 91.5 Å². The van der Waals surface area contributed by atoms with Crippen LogP contribution in [0.15, 0.2) is 48.7 Å². The summed E-state index contributed by atoms with van der Waals surface area (Å²) < 4.78 is 5.32. The molecule has 3 heterocycles. The van der Waals surface area contributed by atoms with Gasteiger partial charge in [-0.05, 0) is 30.3 Å². The Morgan fingerprint density at radius 1 is 1.00 bits per heavy atom. The van der Waals surface area contributed by atoms with Gasteiger partial charge in [0.05, 0.1) is 29.9 Å². The Balaban J connectivity index is 1.68. The molecule has 7 nitrogen and oxygen atoms in total. The van der Waals surface area contributed by atoms with Crippen molar-refractivity contribution in [3.05, 3.63) is 48.7 Å². The van der Waals surface area contributed by atoms with Crippen molar-refractivity contribution in [3.63, 3.8) is 0 Å². The van der Waals surface area contributed by atoms with E-state index in [-0.39, 0.29) is 0 Å². The maximum absolute atomic E-state index is 5.32. The first-order valence-electron chi connectivity index (χ1n) is 7.84. The molecule has 0 aliphatic rings. The van der Waals surface area contributed by atoms with Gasteiger partial charge in [0.15, 0.2) is 5.82 Å². The van der Waals surface area contributed by atoms with Crippen LogP contribution in [0.25, 0.3) is 32.8 Å². The molecule has 25 heavy (non-hydrogen) atoms. The third-order valence-corrected chi connectivity index (χ3v) is 4.23. The molecular weight excluding hydrogens is 316 g/mol. The van der Waals surface area contributed by atoms with E-state index in [2.05, 4.69) is 25.5 Å². The first-order chi connectivity index (χ1) is 12.3. The van der Waals surface area contributed by atoms with Crippen LogP contribution < -0.4 is 10.1 Å². The number of fused-ring (bicyclic) bond motifs is 4. The highest BCUT2D eigenvalue weighted by molar-refractivity contribution is 6.09. The van der Waals surface area contributed by atoms with E-state index in [4.69, 9.17) is 9.72 Å². The van der Waals surface area contributed by atoms with Crippen LogP contribution in [0.1, 0.15) is 0 Å². The number of pyridine rings is 1. The van der Waals surface area contributed by atoms with E-state index >= 15 is 0 Å². The summed E-state index contributed by atoms with van der Waals surface area (Å²) in [5.74, 6) is 2.09. The summed E-state index contributed by atoms with van der Waals surface area (Å²) in [6, 6.07) is 13.7. The number of imidazole rings is 1. The number of hydrogen-bond donors (Lipinski definition) is 3. The maximum Gasteiger partial charge on any atom is 0.206 e. The van der Waals surface area contributed by atoms with Gasteiger partial charge in [0.1, 0.15) is 11.3 Å². The summed E-state index contributed by atoms with van der Waals surface area (Å²) >= 11 is 0. The number of anilines is 2. The molecule has 5 aromatic rings. The Morgan fingerprint density at radius 2 is 1.92 bits per heavy atom. The van der Waals surface area contributed by atoms with E-state index in [1.165, 1.54) is 0 Å². The minimum atomic E-state index is 0.637. The molecule has 7 heteroatoms. The van der Waals surface area contributed by atoms with Crippen LogP contribution in [0.3, 0.4) is 0 Å². The van der Waals surface area contributed by atoms with E-state index in [0.717, 1.165) is 38.6 Å². The Labute approximate surface area is 142 Å². The van der Waals surface area contributed by atoms with Crippen LogP contribution in [-0.2, 0) is 0 Å². The Hall–Kier alpha value is -3.61. The van der Waals surface area contributed by atoms with Crippen molar-refractivity contribution < 1.29 is 4.74 Å². The van der Waals surface area contributed by atoms with Crippen LogP contribution in [0.2, 0.25) is 0 Å². The number of H-pyrrole nitrogens is 2. The number of benzene rings is 2. The van der Waals surface area contributed by atoms with E-state index in [9.17, 15) is 0 Å². The quantitative estimate of drug-likeness (QED) is 0.469. The van der Waals surface area contributed by atoms with Gasteiger partial charge in [-0.15, -0.1) is 0 Å². The smallest absolute Gasteiger partial charge is 0.206 e. The maximum atomic E-state index is 5.32. The number of nitrogens with one attached hydrogen (secondary N) is 3. The van der Waals surface area contributed by atoms with Crippen LogP contribution in [0.5, 0.6) is 5.75 Å². The van der Waals surface area contributed by atoms with Crippen molar-refractivity contribution in [2.75, 3.05) is 12.4 Å². The Kier molecular flexibility index (Phi) is 2.87. The fourth-order valence-corrected chi connectivity index (χ4v) is 3.02. The third kappa shape index (κ3) is 2.17. The van der Waals surface area contributed by atoms with Crippen molar-refractivity contribution in [2.24, 2.45) is 0 Å². The van der Waals surface area contributed by atoms with Gasteiger partial charge in [-0.1, -0.05) is 12.1 Å². The Bertz CT molecular complexity index is 1190. The number of para-hydroxylation sites is 2. The first-order valence-corrected chi connectivity index (χ1v) is 7.84. The van der Waals surface area contributed by atoms with Crippen LogP contribution in [0.4, 0.5) is 11.8 Å². The molecule has 3 aromatic heterocycles. The number of ether oxygens (including phenoxy) is 1. The zero-order valence-corrected chi connectivity index (χ0v) is 13.4. The molecule has 3 N–H and O–H groups in total. The summed E-state index contributed by atoms with van der Waals surface area (Å²) in [5.41, 5.74) is 3.54. The van der Waals surface area contributed by atoms with E-state index in [1.54, 1.807) is 13.3 Å². The number of methoxy groups -OCH3 is 1. The molecule has 0 aliphatic heterocycles. The summed E-state index contributed by atoms with van der Waals surface area (Å²) in [5, 5.41) is 12.4. The van der Waals surface area contributed by atoms with E-state index in [1.807, 2.05) is 42.5 Å². The van der Waals surface area contributed by atoms with Gasteiger partial charge in [0, 0.05) is 10.8 Å². The highest BCUT2D eigenvalue weighted by Crippen LogP contribution is 2.31. The predicted octanol–water partition coefficient (Wildman–Crippen LogP) is 3.74. The second-order valence-electron chi connectivity index (χ2n) is 5.73. The SMILES string of the molecule is COc1ccc2nc(Nc3nc4ccccc4[nH]3)c3[nH]ncc3c2c1. The van der Waals surface area contributed by atoms with Gasteiger partial charge in [-0.25, -0.2) is 9.97 Å². The largest absolute Gasteiger partial charge is 0.497 e. The highest BCUT2D eigenvalue weighted by Gasteiger charge is 2.12. The van der Waals surface area contributed by atoms with Crippen molar-refractivity contribution >= 4 is 44.6 Å². The zero-order chi connectivity index (χ0) is 16.8. The Morgan fingerprint density at radius 3 is 2.80 bits per heavy atom. The lowest BCUT2D eigenvalue weighted by Gasteiger charge is -2.08.